The molecular weight excluding hydrogens is 230 g/mol. The number of pyridine rings is 1. The lowest BCUT2D eigenvalue weighted by Gasteiger charge is -2.08. The Hall–Kier alpha value is -2.68. The summed E-state index contributed by atoms with van der Waals surface area (Å²) in [6.07, 6.45) is 3.14. The van der Waals surface area contributed by atoms with E-state index in [0.29, 0.717) is 23.8 Å². The van der Waals surface area contributed by atoms with Gasteiger partial charge in [-0.25, -0.2) is 4.98 Å². The first-order chi connectivity index (χ1) is 8.85. The Balaban J connectivity index is 2.14. The van der Waals surface area contributed by atoms with Crippen molar-refractivity contribution in [2.75, 3.05) is 12.4 Å². The zero-order valence-corrected chi connectivity index (χ0v) is 9.79. The van der Waals surface area contributed by atoms with Crippen LogP contribution < -0.4 is 10.1 Å². The van der Waals surface area contributed by atoms with Crippen molar-refractivity contribution < 1.29 is 4.74 Å². The van der Waals surface area contributed by atoms with E-state index in [1.165, 1.54) is 6.20 Å². The van der Waals surface area contributed by atoms with E-state index in [-0.39, 0.29) is 0 Å². The second-order valence-corrected chi connectivity index (χ2v) is 3.43. The highest BCUT2D eigenvalue weighted by molar-refractivity contribution is 5.50. The van der Waals surface area contributed by atoms with Gasteiger partial charge in [-0.05, 0) is 12.1 Å². The largest absolute Gasteiger partial charge is 0.481 e. The molecule has 6 heteroatoms. The second kappa shape index (κ2) is 5.59. The van der Waals surface area contributed by atoms with Crippen molar-refractivity contribution in [1.29, 1.82) is 5.26 Å². The first-order valence-corrected chi connectivity index (χ1v) is 5.28. The van der Waals surface area contributed by atoms with Gasteiger partial charge in [0.1, 0.15) is 6.07 Å². The normalized spacial score (nSPS) is 9.56. The van der Waals surface area contributed by atoms with Gasteiger partial charge < -0.3 is 10.1 Å². The van der Waals surface area contributed by atoms with Gasteiger partial charge in [-0.3, -0.25) is 0 Å². The van der Waals surface area contributed by atoms with Crippen LogP contribution in [0.5, 0.6) is 5.88 Å². The molecule has 2 heterocycles. The maximum Gasteiger partial charge on any atom is 0.218 e. The number of nitrogens with zero attached hydrogens (tertiary/aromatic N) is 4. The van der Waals surface area contributed by atoms with Crippen LogP contribution >= 0.6 is 0 Å². The van der Waals surface area contributed by atoms with E-state index in [1.807, 2.05) is 18.2 Å². The van der Waals surface area contributed by atoms with Crippen molar-refractivity contribution in [1.82, 2.24) is 15.2 Å². The molecule has 0 aliphatic rings. The molecule has 2 aromatic heterocycles. The summed E-state index contributed by atoms with van der Waals surface area (Å²) in [6, 6.07) is 7.37. The van der Waals surface area contributed by atoms with Crippen molar-refractivity contribution in [2.45, 2.75) is 6.54 Å². The monoisotopic (exact) mass is 241 g/mol. The van der Waals surface area contributed by atoms with Crippen molar-refractivity contribution >= 4 is 5.82 Å². The molecule has 2 rings (SSSR count). The molecule has 2 aromatic rings. The molecule has 6 nitrogen and oxygen atoms in total. The van der Waals surface area contributed by atoms with Crippen molar-refractivity contribution in [3.63, 3.8) is 0 Å². The fourth-order valence-electron chi connectivity index (χ4n) is 1.47. The molecule has 0 aromatic carbocycles. The predicted molar refractivity (Wildman–Crippen MR) is 64.9 cm³/mol. The fraction of sp³-hybridized carbons (Fsp3) is 0.167. The maximum absolute atomic E-state index is 8.92. The molecule has 0 saturated heterocycles. The van der Waals surface area contributed by atoms with E-state index < -0.39 is 0 Å². The Morgan fingerprint density at radius 3 is 3.06 bits per heavy atom. The summed E-state index contributed by atoms with van der Waals surface area (Å²) in [7, 11) is 1.56. The first kappa shape index (κ1) is 11.8. The molecule has 1 N–H and O–H groups in total. The van der Waals surface area contributed by atoms with E-state index in [0.717, 1.165) is 5.56 Å². The Morgan fingerprint density at radius 2 is 2.28 bits per heavy atom. The smallest absolute Gasteiger partial charge is 0.218 e. The molecule has 0 aliphatic carbocycles. The van der Waals surface area contributed by atoms with Gasteiger partial charge in [0.15, 0.2) is 5.82 Å². The van der Waals surface area contributed by atoms with E-state index in [2.05, 4.69) is 20.5 Å². The summed E-state index contributed by atoms with van der Waals surface area (Å²) >= 11 is 0. The number of anilines is 1. The third kappa shape index (κ3) is 2.52. The first-order valence-electron chi connectivity index (χ1n) is 5.28. The predicted octanol–water partition coefficient (Wildman–Crippen LogP) is 1.36. The minimum absolute atomic E-state index is 0.450. The van der Waals surface area contributed by atoms with Crippen LogP contribution in [-0.2, 0) is 6.54 Å². The number of rotatable bonds is 4. The highest BCUT2D eigenvalue weighted by atomic mass is 16.5. The summed E-state index contributed by atoms with van der Waals surface area (Å²) in [5.74, 6) is 0.998. The summed E-state index contributed by atoms with van der Waals surface area (Å²) in [5.41, 5.74) is 1.34. The van der Waals surface area contributed by atoms with Crippen molar-refractivity contribution in [3.05, 3.63) is 41.7 Å². The Kier molecular flexibility index (Phi) is 3.66. The zero-order valence-electron chi connectivity index (χ0n) is 9.79. The van der Waals surface area contributed by atoms with Crippen LogP contribution in [0.3, 0.4) is 0 Å². The molecule has 0 saturated carbocycles. The van der Waals surface area contributed by atoms with E-state index >= 15 is 0 Å². The van der Waals surface area contributed by atoms with Gasteiger partial charge in [0.25, 0.3) is 0 Å². The fourth-order valence-corrected chi connectivity index (χ4v) is 1.47. The topological polar surface area (TPSA) is 83.7 Å². The van der Waals surface area contributed by atoms with Crippen LogP contribution in [0.2, 0.25) is 0 Å². The number of nitrogens with one attached hydrogen (secondary N) is 1. The van der Waals surface area contributed by atoms with Gasteiger partial charge >= 0.3 is 0 Å². The van der Waals surface area contributed by atoms with Crippen LogP contribution in [0.4, 0.5) is 5.82 Å². The highest BCUT2D eigenvalue weighted by Gasteiger charge is 2.06. The minimum atomic E-state index is 0.450. The van der Waals surface area contributed by atoms with Gasteiger partial charge in [0, 0.05) is 18.3 Å². The molecule has 90 valence electrons. The van der Waals surface area contributed by atoms with Gasteiger partial charge in [0.05, 0.1) is 18.9 Å². The molecule has 0 unspecified atom stereocenters. The second-order valence-electron chi connectivity index (χ2n) is 3.43. The molecule has 0 radical (unpaired) electrons. The number of methoxy groups -OCH3 is 1. The number of aromatic nitrogens is 3. The van der Waals surface area contributed by atoms with Crippen molar-refractivity contribution in [2.24, 2.45) is 0 Å². The minimum Gasteiger partial charge on any atom is -0.481 e. The molecule has 0 spiro atoms. The van der Waals surface area contributed by atoms with Crippen molar-refractivity contribution in [3.8, 4) is 11.9 Å². The van der Waals surface area contributed by atoms with Gasteiger partial charge in [-0.2, -0.15) is 10.4 Å². The quantitative estimate of drug-likeness (QED) is 0.870. The van der Waals surface area contributed by atoms with E-state index in [1.54, 1.807) is 19.4 Å². The number of hydrogen-bond acceptors (Lipinski definition) is 6. The molecule has 0 fully saturated rings. The van der Waals surface area contributed by atoms with E-state index in [9.17, 15) is 0 Å². The van der Waals surface area contributed by atoms with Gasteiger partial charge in [-0.1, -0.05) is 6.07 Å². The lowest BCUT2D eigenvalue weighted by atomic mass is 10.2. The number of hydrogen-bond donors (Lipinski definition) is 1. The Labute approximate surface area is 104 Å². The highest BCUT2D eigenvalue weighted by Crippen LogP contribution is 2.16. The summed E-state index contributed by atoms with van der Waals surface area (Å²) in [6.45, 7) is 0.463. The Morgan fingerprint density at radius 1 is 1.39 bits per heavy atom. The SMILES string of the molecule is COc1ncccc1CNc1nnccc1C#N. The maximum atomic E-state index is 8.92. The standard InChI is InChI=1S/C12H11N5O/c1-18-12-10(3-2-5-14-12)8-15-11-9(7-13)4-6-16-17-11/h2-6H,8H2,1H3,(H,15,17). The third-order valence-electron chi connectivity index (χ3n) is 2.33. The van der Waals surface area contributed by atoms with Crippen LogP contribution in [0.1, 0.15) is 11.1 Å². The van der Waals surface area contributed by atoms with Crippen LogP contribution in [0, 0.1) is 11.3 Å². The van der Waals surface area contributed by atoms with E-state index in [4.69, 9.17) is 10.00 Å². The molecule has 0 bridgehead atoms. The lowest BCUT2D eigenvalue weighted by molar-refractivity contribution is 0.393. The lowest BCUT2D eigenvalue weighted by Crippen LogP contribution is -2.06. The zero-order chi connectivity index (χ0) is 12.8. The number of ether oxygens (including phenoxy) is 1. The summed E-state index contributed by atoms with van der Waals surface area (Å²) in [4.78, 5) is 4.09. The molecule has 18 heavy (non-hydrogen) atoms. The molecule has 0 amide bonds. The van der Waals surface area contributed by atoms with Crippen LogP contribution in [0.15, 0.2) is 30.6 Å². The van der Waals surface area contributed by atoms with Gasteiger partial charge in [-0.15, -0.1) is 5.10 Å². The Bertz CT molecular complexity index is 579. The molecule has 0 aliphatic heterocycles. The molecular formula is C12H11N5O. The van der Waals surface area contributed by atoms with Gasteiger partial charge in [0.2, 0.25) is 5.88 Å². The van der Waals surface area contributed by atoms with Crippen LogP contribution in [-0.4, -0.2) is 22.3 Å². The average molecular weight is 241 g/mol. The van der Waals surface area contributed by atoms with Crippen LogP contribution in [0.25, 0.3) is 0 Å². The average Bonchev–Trinajstić information content (AvgIpc) is 2.45. The summed E-state index contributed by atoms with van der Waals surface area (Å²) in [5, 5.41) is 19.6. The third-order valence-corrected chi connectivity index (χ3v) is 2.33. The molecule has 0 atom stereocenters. The summed E-state index contributed by atoms with van der Waals surface area (Å²) < 4.78 is 5.14. The number of nitriles is 1.